The molecule has 0 radical (unpaired) electrons. The smallest absolute Gasteiger partial charge is 0.0659 e. The maximum atomic E-state index is 6.06. The van der Waals surface area contributed by atoms with E-state index in [0.717, 1.165) is 12.8 Å². The number of hydrogen-bond donors (Lipinski definition) is 0. The van der Waals surface area contributed by atoms with Gasteiger partial charge >= 0.3 is 0 Å². The molecule has 1 aromatic rings. The molecule has 0 bridgehead atoms. The van der Waals surface area contributed by atoms with E-state index in [-0.39, 0.29) is 0 Å². The Morgan fingerprint density at radius 3 is 2.07 bits per heavy atom. The average molecular weight is 204 g/mol. The number of fused-ring (bicyclic) bond motifs is 1. The highest BCUT2D eigenvalue weighted by Crippen LogP contribution is 2.25. The molecule has 0 unspecified atom stereocenters. The lowest BCUT2D eigenvalue weighted by Crippen LogP contribution is -2.24. The molecule has 0 aliphatic heterocycles. The Morgan fingerprint density at radius 2 is 1.60 bits per heavy atom. The first-order valence-corrected chi connectivity index (χ1v) is 5.89. The molecule has 1 atom stereocenters. The van der Waals surface area contributed by atoms with Gasteiger partial charge in [0.2, 0.25) is 0 Å². The Labute approximate surface area is 92.5 Å². The number of benzene rings is 1. The van der Waals surface area contributed by atoms with Crippen molar-refractivity contribution in [3.05, 3.63) is 35.4 Å². The van der Waals surface area contributed by atoms with Crippen LogP contribution in [0.4, 0.5) is 0 Å². The predicted octanol–water partition coefficient (Wildman–Crippen LogP) is 3.21. The van der Waals surface area contributed by atoms with Gasteiger partial charge in [-0.3, -0.25) is 0 Å². The third-order valence-electron chi connectivity index (χ3n) is 3.36. The molecule has 1 aliphatic carbocycles. The highest BCUT2D eigenvalue weighted by molar-refractivity contribution is 5.32. The van der Waals surface area contributed by atoms with E-state index < -0.39 is 0 Å². The predicted molar refractivity (Wildman–Crippen MR) is 63.0 cm³/mol. The van der Waals surface area contributed by atoms with Crippen LogP contribution < -0.4 is 0 Å². The fourth-order valence-electron chi connectivity index (χ4n) is 2.08. The molecule has 1 aliphatic rings. The molecule has 0 aromatic heterocycles. The van der Waals surface area contributed by atoms with Crippen LogP contribution in [0.3, 0.4) is 0 Å². The summed E-state index contributed by atoms with van der Waals surface area (Å²) in [4.78, 5) is 0. The molecule has 1 nitrogen and oxygen atoms in total. The SMILES string of the molecule is CC(C)[C@@H](C)OC1Cc2ccccc2C1. The van der Waals surface area contributed by atoms with Gasteiger partial charge in [-0.25, -0.2) is 0 Å². The number of hydrogen-bond acceptors (Lipinski definition) is 1. The summed E-state index contributed by atoms with van der Waals surface area (Å²) in [5.74, 6) is 0.605. The quantitative estimate of drug-likeness (QED) is 0.734. The first kappa shape index (κ1) is 10.7. The van der Waals surface area contributed by atoms with Crippen molar-refractivity contribution >= 4 is 0 Å². The molecule has 2 rings (SSSR count). The summed E-state index contributed by atoms with van der Waals surface area (Å²) in [5.41, 5.74) is 2.94. The van der Waals surface area contributed by atoms with Gasteiger partial charge < -0.3 is 4.74 Å². The van der Waals surface area contributed by atoms with Crippen molar-refractivity contribution in [2.24, 2.45) is 5.92 Å². The summed E-state index contributed by atoms with van der Waals surface area (Å²) in [5, 5.41) is 0. The van der Waals surface area contributed by atoms with Gasteiger partial charge in [0.15, 0.2) is 0 Å². The lowest BCUT2D eigenvalue weighted by Gasteiger charge is -2.21. The molecule has 0 saturated heterocycles. The molecular weight excluding hydrogens is 184 g/mol. The van der Waals surface area contributed by atoms with Crippen LogP contribution in [-0.4, -0.2) is 12.2 Å². The van der Waals surface area contributed by atoms with Gasteiger partial charge in [0.1, 0.15) is 0 Å². The van der Waals surface area contributed by atoms with Gasteiger partial charge in [-0.2, -0.15) is 0 Å². The maximum absolute atomic E-state index is 6.06. The summed E-state index contributed by atoms with van der Waals surface area (Å²) >= 11 is 0. The number of rotatable bonds is 3. The van der Waals surface area contributed by atoms with Crippen LogP contribution in [0.1, 0.15) is 31.9 Å². The minimum Gasteiger partial charge on any atom is -0.374 e. The fourth-order valence-corrected chi connectivity index (χ4v) is 2.08. The summed E-state index contributed by atoms with van der Waals surface area (Å²) in [6.45, 7) is 6.60. The van der Waals surface area contributed by atoms with Gasteiger partial charge in [0.05, 0.1) is 12.2 Å². The molecule has 1 aromatic carbocycles. The molecule has 0 heterocycles. The van der Waals surface area contributed by atoms with Gasteiger partial charge in [-0.05, 0) is 36.8 Å². The van der Waals surface area contributed by atoms with Gasteiger partial charge in [0, 0.05) is 0 Å². The monoisotopic (exact) mass is 204 g/mol. The lowest BCUT2D eigenvalue weighted by atomic mass is 10.1. The van der Waals surface area contributed by atoms with E-state index >= 15 is 0 Å². The zero-order valence-corrected chi connectivity index (χ0v) is 9.86. The normalized spacial score (nSPS) is 18.1. The van der Waals surface area contributed by atoms with Crippen LogP contribution in [0.25, 0.3) is 0 Å². The van der Waals surface area contributed by atoms with Crippen molar-refractivity contribution < 1.29 is 4.74 Å². The van der Waals surface area contributed by atoms with E-state index in [1.54, 1.807) is 0 Å². The first-order valence-electron chi connectivity index (χ1n) is 5.89. The van der Waals surface area contributed by atoms with Crippen molar-refractivity contribution in [1.82, 2.24) is 0 Å². The molecule has 82 valence electrons. The molecule has 0 spiro atoms. The first-order chi connectivity index (χ1) is 7.16. The second-order valence-electron chi connectivity index (χ2n) is 4.88. The summed E-state index contributed by atoms with van der Waals surface area (Å²) in [7, 11) is 0. The Morgan fingerprint density at radius 1 is 1.07 bits per heavy atom. The van der Waals surface area contributed by atoms with Crippen LogP contribution in [0.2, 0.25) is 0 Å². The lowest BCUT2D eigenvalue weighted by molar-refractivity contribution is -0.0194. The third kappa shape index (κ3) is 2.40. The molecule has 0 amide bonds. The fraction of sp³-hybridized carbons (Fsp3) is 0.571. The van der Waals surface area contributed by atoms with Crippen LogP contribution >= 0.6 is 0 Å². The van der Waals surface area contributed by atoms with E-state index in [4.69, 9.17) is 4.74 Å². The van der Waals surface area contributed by atoms with E-state index in [2.05, 4.69) is 45.0 Å². The zero-order chi connectivity index (χ0) is 10.8. The van der Waals surface area contributed by atoms with Crippen molar-refractivity contribution in [1.29, 1.82) is 0 Å². The van der Waals surface area contributed by atoms with Crippen molar-refractivity contribution in [2.75, 3.05) is 0 Å². The summed E-state index contributed by atoms with van der Waals surface area (Å²) < 4.78 is 6.06. The highest BCUT2D eigenvalue weighted by Gasteiger charge is 2.23. The van der Waals surface area contributed by atoms with E-state index in [0.29, 0.717) is 18.1 Å². The van der Waals surface area contributed by atoms with Gasteiger partial charge in [-0.1, -0.05) is 38.1 Å². The van der Waals surface area contributed by atoms with Crippen LogP contribution in [-0.2, 0) is 17.6 Å². The van der Waals surface area contributed by atoms with Crippen molar-refractivity contribution in [3.63, 3.8) is 0 Å². The second kappa shape index (κ2) is 4.36. The Balaban J connectivity index is 1.96. The van der Waals surface area contributed by atoms with Crippen molar-refractivity contribution in [3.8, 4) is 0 Å². The molecule has 0 N–H and O–H groups in total. The van der Waals surface area contributed by atoms with Crippen LogP contribution in [0.5, 0.6) is 0 Å². The summed E-state index contributed by atoms with van der Waals surface area (Å²) in [6, 6.07) is 8.68. The van der Waals surface area contributed by atoms with Crippen LogP contribution in [0, 0.1) is 5.92 Å². The minimum atomic E-state index is 0.365. The third-order valence-corrected chi connectivity index (χ3v) is 3.36. The van der Waals surface area contributed by atoms with Crippen LogP contribution in [0.15, 0.2) is 24.3 Å². The summed E-state index contributed by atoms with van der Waals surface area (Å²) in [6.07, 6.45) is 2.95. The Kier molecular flexibility index (Phi) is 3.11. The van der Waals surface area contributed by atoms with E-state index in [1.165, 1.54) is 11.1 Å². The molecule has 1 heteroatoms. The highest BCUT2D eigenvalue weighted by atomic mass is 16.5. The van der Waals surface area contributed by atoms with Crippen molar-refractivity contribution in [2.45, 2.75) is 45.8 Å². The maximum Gasteiger partial charge on any atom is 0.0659 e. The minimum absolute atomic E-state index is 0.365. The van der Waals surface area contributed by atoms with E-state index in [1.807, 2.05) is 0 Å². The van der Waals surface area contributed by atoms with Gasteiger partial charge in [-0.15, -0.1) is 0 Å². The molecule has 15 heavy (non-hydrogen) atoms. The van der Waals surface area contributed by atoms with Gasteiger partial charge in [0.25, 0.3) is 0 Å². The second-order valence-corrected chi connectivity index (χ2v) is 4.88. The Hall–Kier alpha value is -0.820. The standard InChI is InChI=1S/C14H20O/c1-10(2)11(3)15-14-8-12-6-4-5-7-13(12)9-14/h4-7,10-11,14H,8-9H2,1-3H3/t11-/m1/s1. The Bertz CT molecular complexity index is 305. The molecular formula is C14H20O. The number of ether oxygens (including phenoxy) is 1. The molecule has 0 saturated carbocycles. The zero-order valence-electron chi connectivity index (χ0n) is 9.86. The average Bonchev–Trinajstić information content (AvgIpc) is 2.59. The molecule has 0 fully saturated rings. The largest absolute Gasteiger partial charge is 0.374 e. The topological polar surface area (TPSA) is 9.23 Å². The van der Waals surface area contributed by atoms with E-state index in [9.17, 15) is 0 Å².